The molecule has 1 atom stereocenters. The number of morpholine rings is 1. The molecule has 0 unspecified atom stereocenters. The molecule has 1 fully saturated rings. The first-order valence-corrected chi connectivity index (χ1v) is 8.99. The summed E-state index contributed by atoms with van der Waals surface area (Å²) >= 11 is 0. The second kappa shape index (κ2) is 7.44. The molecular weight excluding hydrogens is 363 g/mol. The molecule has 1 aliphatic rings. The molecule has 1 N–H and O–H groups in total. The molecule has 2 aromatic carbocycles. The van der Waals surface area contributed by atoms with E-state index in [0.29, 0.717) is 11.3 Å². The SMILES string of the molecule is O=C(O)[C@H]1COCCN1C(=O)c1cc2ccccc2n1Cc1ccccc1F. The number of aromatic nitrogens is 1. The van der Waals surface area contributed by atoms with Crippen LogP contribution in [0.1, 0.15) is 16.1 Å². The number of nitrogens with zero attached hydrogens (tertiary/aromatic N) is 2. The minimum atomic E-state index is -1.11. The molecule has 0 aliphatic carbocycles. The number of rotatable bonds is 4. The number of ether oxygens (including phenoxy) is 1. The predicted molar refractivity (Wildman–Crippen MR) is 101 cm³/mol. The van der Waals surface area contributed by atoms with Crippen LogP contribution in [0.5, 0.6) is 0 Å². The summed E-state index contributed by atoms with van der Waals surface area (Å²) in [7, 11) is 0. The van der Waals surface area contributed by atoms with Crippen molar-refractivity contribution in [2.45, 2.75) is 12.6 Å². The lowest BCUT2D eigenvalue weighted by atomic mass is 10.2. The number of benzene rings is 2. The highest BCUT2D eigenvalue weighted by atomic mass is 19.1. The smallest absolute Gasteiger partial charge is 0.328 e. The first-order chi connectivity index (χ1) is 13.6. The Hall–Kier alpha value is -3.19. The Bertz CT molecular complexity index is 1050. The van der Waals surface area contributed by atoms with Crippen molar-refractivity contribution in [1.29, 1.82) is 0 Å². The number of para-hydroxylation sites is 1. The minimum Gasteiger partial charge on any atom is -0.480 e. The third-order valence-electron chi connectivity index (χ3n) is 4.99. The van der Waals surface area contributed by atoms with Gasteiger partial charge in [-0.3, -0.25) is 4.79 Å². The van der Waals surface area contributed by atoms with Gasteiger partial charge in [0.2, 0.25) is 0 Å². The zero-order valence-electron chi connectivity index (χ0n) is 15.0. The maximum absolute atomic E-state index is 14.2. The van der Waals surface area contributed by atoms with Crippen LogP contribution in [0.15, 0.2) is 54.6 Å². The second-order valence-electron chi connectivity index (χ2n) is 6.69. The van der Waals surface area contributed by atoms with Crippen LogP contribution in [0.3, 0.4) is 0 Å². The lowest BCUT2D eigenvalue weighted by Crippen LogP contribution is -2.52. The topological polar surface area (TPSA) is 71.8 Å². The third kappa shape index (κ3) is 3.25. The van der Waals surface area contributed by atoms with Gasteiger partial charge in [-0.1, -0.05) is 36.4 Å². The summed E-state index contributed by atoms with van der Waals surface area (Å²) in [4.78, 5) is 26.2. The van der Waals surface area contributed by atoms with Gasteiger partial charge in [-0.15, -0.1) is 0 Å². The minimum absolute atomic E-state index is 0.0470. The van der Waals surface area contributed by atoms with E-state index in [1.54, 1.807) is 28.8 Å². The first kappa shape index (κ1) is 18.2. The monoisotopic (exact) mass is 382 g/mol. The molecular formula is C21H19FN2O4. The van der Waals surface area contributed by atoms with Gasteiger partial charge in [-0.25, -0.2) is 9.18 Å². The van der Waals surface area contributed by atoms with Gasteiger partial charge in [0.15, 0.2) is 6.04 Å². The first-order valence-electron chi connectivity index (χ1n) is 8.99. The summed E-state index contributed by atoms with van der Waals surface area (Å²) in [5.41, 5.74) is 1.57. The van der Waals surface area contributed by atoms with Crippen molar-refractivity contribution in [2.24, 2.45) is 0 Å². The Morgan fingerprint density at radius 1 is 1.14 bits per heavy atom. The summed E-state index contributed by atoms with van der Waals surface area (Å²) < 4.78 is 21.2. The molecule has 1 aliphatic heterocycles. The number of fused-ring (bicyclic) bond motifs is 1. The van der Waals surface area contributed by atoms with Crippen molar-refractivity contribution in [2.75, 3.05) is 19.8 Å². The number of carboxylic acid groups (broad SMARTS) is 1. The molecule has 144 valence electrons. The van der Waals surface area contributed by atoms with Crippen LogP contribution in [-0.2, 0) is 16.1 Å². The van der Waals surface area contributed by atoms with Gasteiger partial charge in [0.1, 0.15) is 11.5 Å². The van der Waals surface area contributed by atoms with Crippen LogP contribution in [0.4, 0.5) is 4.39 Å². The molecule has 4 rings (SSSR count). The Balaban J connectivity index is 1.79. The van der Waals surface area contributed by atoms with E-state index >= 15 is 0 Å². The van der Waals surface area contributed by atoms with Crippen LogP contribution >= 0.6 is 0 Å². The van der Waals surface area contributed by atoms with Crippen LogP contribution in [0.25, 0.3) is 10.9 Å². The average Bonchev–Trinajstić information content (AvgIpc) is 3.07. The molecule has 0 bridgehead atoms. The molecule has 0 saturated carbocycles. The van der Waals surface area contributed by atoms with Gasteiger partial charge in [0, 0.05) is 23.0 Å². The Morgan fingerprint density at radius 3 is 2.68 bits per heavy atom. The summed E-state index contributed by atoms with van der Waals surface area (Å²) in [5, 5.41) is 10.3. The highest BCUT2D eigenvalue weighted by Gasteiger charge is 2.34. The fourth-order valence-electron chi connectivity index (χ4n) is 3.55. The number of amides is 1. The fraction of sp³-hybridized carbons (Fsp3) is 0.238. The largest absolute Gasteiger partial charge is 0.480 e. The Labute approximate surface area is 160 Å². The number of halogens is 1. The van der Waals surface area contributed by atoms with E-state index in [4.69, 9.17) is 4.74 Å². The number of hydrogen-bond donors (Lipinski definition) is 1. The van der Waals surface area contributed by atoms with Gasteiger partial charge in [0.05, 0.1) is 19.8 Å². The van der Waals surface area contributed by atoms with Crippen LogP contribution in [0, 0.1) is 5.82 Å². The number of carboxylic acids is 1. The van der Waals surface area contributed by atoms with Crippen molar-refractivity contribution in [3.05, 3.63) is 71.7 Å². The third-order valence-corrected chi connectivity index (χ3v) is 4.99. The second-order valence-corrected chi connectivity index (χ2v) is 6.69. The molecule has 7 heteroatoms. The number of carbonyl (C=O) groups excluding carboxylic acids is 1. The van der Waals surface area contributed by atoms with Crippen LogP contribution in [-0.4, -0.2) is 52.3 Å². The van der Waals surface area contributed by atoms with Gasteiger partial charge < -0.3 is 19.3 Å². The van der Waals surface area contributed by atoms with Crippen molar-refractivity contribution < 1.29 is 23.8 Å². The van der Waals surface area contributed by atoms with Crippen molar-refractivity contribution >= 4 is 22.8 Å². The fourth-order valence-corrected chi connectivity index (χ4v) is 3.55. The Morgan fingerprint density at radius 2 is 1.89 bits per heavy atom. The molecule has 0 spiro atoms. The normalized spacial score (nSPS) is 17.0. The highest BCUT2D eigenvalue weighted by Crippen LogP contribution is 2.24. The predicted octanol–water partition coefficient (Wildman–Crippen LogP) is 2.75. The summed E-state index contributed by atoms with van der Waals surface area (Å²) in [6.45, 7) is 0.595. The number of carbonyl (C=O) groups is 2. The molecule has 1 aromatic heterocycles. The van der Waals surface area contributed by atoms with E-state index < -0.39 is 17.9 Å². The van der Waals surface area contributed by atoms with Gasteiger partial charge in [0.25, 0.3) is 5.91 Å². The van der Waals surface area contributed by atoms with E-state index in [1.165, 1.54) is 11.0 Å². The zero-order valence-corrected chi connectivity index (χ0v) is 15.0. The number of aliphatic carboxylic acids is 1. The van der Waals surface area contributed by atoms with Gasteiger partial charge in [-0.2, -0.15) is 0 Å². The van der Waals surface area contributed by atoms with Crippen molar-refractivity contribution in [1.82, 2.24) is 9.47 Å². The van der Waals surface area contributed by atoms with E-state index in [0.717, 1.165) is 10.9 Å². The molecule has 0 radical (unpaired) electrons. The summed E-state index contributed by atoms with van der Waals surface area (Å²) in [6.07, 6.45) is 0. The molecule has 3 aromatic rings. The van der Waals surface area contributed by atoms with Crippen molar-refractivity contribution in [3.8, 4) is 0 Å². The molecule has 2 heterocycles. The van der Waals surface area contributed by atoms with Gasteiger partial charge >= 0.3 is 5.97 Å². The van der Waals surface area contributed by atoms with E-state index in [9.17, 15) is 19.1 Å². The lowest BCUT2D eigenvalue weighted by molar-refractivity contribution is -0.147. The summed E-state index contributed by atoms with van der Waals surface area (Å²) in [5.74, 6) is -1.86. The molecule has 6 nitrogen and oxygen atoms in total. The zero-order chi connectivity index (χ0) is 19.7. The van der Waals surface area contributed by atoms with Crippen LogP contribution in [0.2, 0.25) is 0 Å². The standard InChI is InChI=1S/C21H19FN2O4/c22-16-7-3-1-6-15(16)12-24-17-8-4-2-5-14(17)11-18(24)20(25)23-9-10-28-13-19(23)21(26)27/h1-8,11,19H,9-10,12-13H2,(H,26,27)/t19-/m1/s1. The van der Waals surface area contributed by atoms with E-state index in [2.05, 4.69) is 0 Å². The maximum Gasteiger partial charge on any atom is 0.328 e. The quantitative estimate of drug-likeness (QED) is 0.753. The molecule has 1 amide bonds. The van der Waals surface area contributed by atoms with Gasteiger partial charge in [-0.05, 0) is 18.2 Å². The van der Waals surface area contributed by atoms with Crippen LogP contribution < -0.4 is 0 Å². The van der Waals surface area contributed by atoms with Crippen molar-refractivity contribution in [3.63, 3.8) is 0 Å². The average molecular weight is 382 g/mol. The summed E-state index contributed by atoms with van der Waals surface area (Å²) in [6, 6.07) is 14.5. The van der Waals surface area contributed by atoms with E-state index in [-0.39, 0.29) is 32.1 Å². The lowest BCUT2D eigenvalue weighted by Gasteiger charge is -2.33. The maximum atomic E-state index is 14.2. The highest BCUT2D eigenvalue weighted by molar-refractivity contribution is 6.00. The number of hydrogen-bond acceptors (Lipinski definition) is 3. The van der Waals surface area contributed by atoms with E-state index in [1.807, 2.05) is 24.3 Å². The Kier molecular flexibility index (Phi) is 4.83. The molecule has 28 heavy (non-hydrogen) atoms. The molecule has 1 saturated heterocycles.